The van der Waals surface area contributed by atoms with Gasteiger partial charge < -0.3 is 9.84 Å². The fraction of sp³-hybridized carbons (Fsp3) is 0.467. The highest BCUT2D eigenvalue weighted by Crippen LogP contribution is 2.34. The Kier molecular flexibility index (Phi) is 6.49. The predicted molar refractivity (Wildman–Crippen MR) is 81.8 cm³/mol. The van der Waals surface area contributed by atoms with Gasteiger partial charge in [-0.1, -0.05) is 36.5 Å². The van der Waals surface area contributed by atoms with Crippen molar-refractivity contribution in [1.82, 2.24) is 0 Å². The van der Waals surface area contributed by atoms with E-state index in [1.165, 1.54) is 0 Å². The number of carbonyl (C=O) groups is 2. The van der Waals surface area contributed by atoms with Gasteiger partial charge in [0, 0.05) is 16.5 Å². The van der Waals surface area contributed by atoms with Gasteiger partial charge in [0.1, 0.15) is 0 Å². The summed E-state index contributed by atoms with van der Waals surface area (Å²) in [5.41, 5.74) is -1.12. The first-order chi connectivity index (χ1) is 9.87. The van der Waals surface area contributed by atoms with Gasteiger partial charge in [0.25, 0.3) is 0 Å². The fourth-order valence-corrected chi connectivity index (χ4v) is 2.61. The fourth-order valence-electron chi connectivity index (χ4n) is 2.23. The van der Waals surface area contributed by atoms with Crippen LogP contribution in [0.3, 0.4) is 0 Å². The number of halogens is 2. The normalized spacial score (nSPS) is 13.5. The van der Waals surface area contributed by atoms with Gasteiger partial charge in [-0.25, -0.2) is 0 Å². The number of carboxylic acid groups (broad SMARTS) is 1. The van der Waals surface area contributed by atoms with Crippen molar-refractivity contribution in [1.29, 1.82) is 0 Å². The highest BCUT2D eigenvalue weighted by Gasteiger charge is 2.47. The molecular weight excluding hydrogens is 315 g/mol. The van der Waals surface area contributed by atoms with Crippen molar-refractivity contribution in [3.8, 4) is 0 Å². The summed E-state index contributed by atoms with van der Waals surface area (Å²) in [6.07, 6.45) is 0.654. The number of carbonyl (C=O) groups excluding carboxylic acids is 1. The Morgan fingerprint density at radius 1 is 1.29 bits per heavy atom. The topological polar surface area (TPSA) is 63.6 Å². The van der Waals surface area contributed by atoms with E-state index in [9.17, 15) is 14.7 Å². The lowest BCUT2D eigenvalue weighted by Crippen LogP contribution is -2.42. The largest absolute Gasteiger partial charge is 0.480 e. The van der Waals surface area contributed by atoms with Gasteiger partial charge in [-0.15, -0.1) is 0 Å². The summed E-state index contributed by atoms with van der Waals surface area (Å²) in [4.78, 5) is 24.0. The Bertz CT molecular complexity index is 530. The summed E-state index contributed by atoms with van der Waals surface area (Å²) in [5, 5.41) is 10.4. The summed E-state index contributed by atoms with van der Waals surface area (Å²) in [7, 11) is 0. The molecule has 0 fully saturated rings. The molecule has 116 valence electrons. The zero-order valence-electron chi connectivity index (χ0n) is 12.0. The number of ether oxygens (including phenoxy) is 1. The van der Waals surface area contributed by atoms with Gasteiger partial charge in [0.05, 0.1) is 6.61 Å². The average Bonchev–Trinajstić information content (AvgIpc) is 2.42. The van der Waals surface area contributed by atoms with Crippen LogP contribution in [0.15, 0.2) is 18.2 Å². The second-order valence-corrected chi connectivity index (χ2v) is 5.61. The van der Waals surface area contributed by atoms with Crippen molar-refractivity contribution in [2.75, 3.05) is 6.61 Å². The monoisotopic (exact) mass is 332 g/mol. The standard InChI is InChI=1S/C15H18Cl2O4/c1-3-7-15(13(18)19,14(20)21-4-2)9-10-8-11(16)5-6-12(10)17/h5-6,8H,3-4,7,9H2,1-2H3,(H,18,19). The SMILES string of the molecule is CCCC(Cc1cc(Cl)ccc1Cl)(C(=O)O)C(=O)OCC. The van der Waals surface area contributed by atoms with E-state index >= 15 is 0 Å². The van der Waals surface area contributed by atoms with Crippen LogP contribution < -0.4 is 0 Å². The van der Waals surface area contributed by atoms with Gasteiger partial charge in [0.15, 0.2) is 5.41 Å². The number of rotatable bonds is 7. The highest BCUT2D eigenvalue weighted by molar-refractivity contribution is 6.33. The Morgan fingerprint density at radius 3 is 2.48 bits per heavy atom. The number of aliphatic carboxylic acids is 1. The Morgan fingerprint density at radius 2 is 1.95 bits per heavy atom. The molecule has 0 aliphatic rings. The second kappa shape index (κ2) is 7.66. The quantitative estimate of drug-likeness (QED) is 0.606. The lowest BCUT2D eigenvalue weighted by atomic mass is 9.77. The Labute approximate surface area is 134 Å². The summed E-state index contributed by atoms with van der Waals surface area (Å²) < 4.78 is 4.97. The van der Waals surface area contributed by atoms with E-state index in [1.807, 2.05) is 6.92 Å². The molecular formula is C15H18Cl2O4. The molecule has 0 radical (unpaired) electrons. The maximum absolute atomic E-state index is 12.2. The first kappa shape index (κ1) is 17.8. The lowest BCUT2D eigenvalue weighted by Gasteiger charge is -2.27. The van der Waals surface area contributed by atoms with Gasteiger partial charge in [-0.3, -0.25) is 9.59 Å². The molecule has 21 heavy (non-hydrogen) atoms. The van der Waals surface area contributed by atoms with E-state index in [2.05, 4.69) is 0 Å². The molecule has 0 bridgehead atoms. The molecule has 1 rings (SSSR count). The molecule has 0 spiro atoms. The molecule has 0 saturated heterocycles. The lowest BCUT2D eigenvalue weighted by molar-refractivity contribution is -0.169. The highest BCUT2D eigenvalue weighted by atomic mass is 35.5. The van der Waals surface area contributed by atoms with Crippen LogP contribution in [0.5, 0.6) is 0 Å². The minimum Gasteiger partial charge on any atom is -0.480 e. The van der Waals surface area contributed by atoms with E-state index in [4.69, 9.17) is 27.9 Å². The van der Waals surface area contributed by atoms with Crippen LogP contribution in [0.25, 0.3) is 0 Å². The van der Waals surface area contributed by atoms with Gasteiger partial charge in [0.2, 0.25) is 0 Å². The van der Waals surface area contributed by atoms with E-state index in [1.54, 1.807) is 25.1 Å². The number of benzene rings is 1. The van der Waals surface area contributed by atoms with Crippen molar-refractivity contribution in [3.05, 3.63) is 33.8 Å². The number of carboxylic acids is 1. The van der Waals surface area contributed by atoms with E-state index < -0.39 is 17.4 Å². The van der Waals surface area contributed by atoms with Crippen LogP contribution >= 0.6 is 23.2 Å². The average molecular weight is 333 g/mol. The number of esters is 1. The molecule has 6 heteroatoms. The molecule has 0 amide bonds. The van der Waals surface area contributed by atoms with Gasteiger partial charge in [-0.2, -0.15) is 0 Å². The molecule has 1 aromatic carbocycles. The molecule has 1 aromatic rings. The van der Waals surface area contributed by atoms with Crippen LogP contribution in [0.4, 0.5) is 0 Å². The Balaban J connectivity index is 3.26. The molecule has 0 aliphatic carbocycles. The van der Waals surface area contributed by atoms with E-state index in [0.29, 0.717) is 22.0 Å². The van der Waals surface area contributed by atoms with Crippen LogP contribution in [-0.2, 0) is 20.7 Å². The molecule has 1 atom stereocenters. The minimum absolute atomic E-state index is 0.0472. The maximum Gasteiger partial charge on any atom is 0.323 e. The van der Waals surface area contributed by atoms with Gasteiger partial charge >= 0.3 is 11.9 Å². The number of hydrogen-bond donors (Lipinski definition) is 1. The van der Waals surface area contributed by atoms with Gasteiger partial charge in [-0.05, 0) is 37.1 Å². The summed E-state index contributed by atoms with van der Waals surface area (Å²) in [6, 6.07) is 4.78. The molecule has 1 N–H and O–H groups in total. The van der Waals surface area contributed by atoms with Crippen molar-refractivity contribution >= 4 is 35.1 Å². The van der Waals surface area contributed by atoms with Crippen LogP contribution in [0, 0.1) is 5.41 Å². The molecule has 0 saturated carbocycles. The smallest absolute Gasteiger partial charge is 0.323 e. The van der Waals surface area contributed by atoms with Crippen LogP contribution in [0.1, 0.15) is 32.3 Å². The van der Waals surface area contributed by atoms with Crippen molar-refractivity contribution in [3.63, 3.8) is 0 Å². The Hall–Kier alpha value is -1.26. The zero-order chi connectivity index (χ0) is 16.0. The molecule has 0 heterocycles. The van der Waals surface area contributed by atoms with Crippen LogP contribution in [0.2, 0.25) is 10.0 Å². The minimum atomic E-state index is -1.64. The predicted octanol–water partition coefficient (Wildman–Crippen LogP) is 3.97. The van der Waals surface area contributed by atoms with E-state index in [0.717, 1.165) is 0 Å². The molecule has 0 aliphatic heterocycles. The second-order valence-electron chi connectivity index (χ2n) is 4.77. The molecule has 4 nitrogen and oxygen atoms in total. The zero-order valence-corrected chi connectivity index (χ0v) is 13.5. The van der Waals surface area contributed by atoms with Crippen LogP contribution in [-0.4, -0.2) is 23.7 Å². The van der Waals surface area contributed by atoms with Crippen molar-refractivity contribution in [2.24, 2.45) is 5.41 Å². The third kappa shape index (κ3) is 4.11. The van der Waals surface area contributed by atoms with Crippen molar-refractivity contribution in [2.45, 2.75) is 33.1 Å². The maximum atomic E-state index is 12.2. The number of hydrogen-bond acceptors (Lipinski definition) is 3. The van der Waals surface area contributed by atoms with Crippen molar-refractivity contribution < 1.29 is 19.4 Å². The summed E-state index contributed by atoms with van der Waals surface area (Å²) >= 11 is 12.0. The third-order valence-corrected chi connectivity index (χ3v) is 3.86. The summed E-state index contributed by atoms with van der Waals surface area (Å²) in [6.45, 7) is 3.58. The first-order valence-corrected chi connectivity index (χ1v) is 7.47. The summed E-state index contributed by atoms with van der Waals surface area (Å²) in [5.74, 6) is -1.95. The third-order valence-electron chi connectivity index (χ3n) is 3.25. The molecule has 1 unspecified atom stereocenters. The van der Waals surface area contributed by atoms with E-state index in [-0.39, 0.29) is 19.4 Å². The molecule has 0 aromatic heterocycles. The first-order valence-electron chi connectivity index (χ1n) is 6.72.